The first-order valence-electron chi connectivity index (χ1n) is 7.98. The summed E-state index contributed by atoms with van der Waals surface area (Å²) in [5.41, 5.74) is 4.93. The molecule has 3 rings (SSSR count). The van der Waals surface area contributed by atoms with Crippen LogP contribution in [0.5, 0.6) is 0 Å². The van der Waals surface area contributed by atoms with Crippen molar-refractivity contribution >= 4 is 17.3 Å². The quantitative estimate of drug-likeness (QED) is 0.927. The van der Waals surface area contributed by atoms with E-state index in [0.29, 0.717) is 0 Å². The highest BCUT2D eigenvalue weighted by Gasteiger charge is 2.15. The SMILES string of the molecule is Cc1cc(C)c(Nc2cc(N3CCCC3)nc(C)n2)c(C)c1. The zero-order chi connectivity index (χ0) is 15.7. The van der Waals surface area contributed by atoms with Crippen LogP contribution in [0.3, 0.4) is 0 Å². The van der Waals surface area contributed by atoms with Gasteiger partial charge in [-0.1, -0.05) is 17.7 Å². The molecule has 2 aromatic rings. The molecule has 0 unspecified atom stereocenters. The smallest absolute Gasteiger partial charge is 0.136 e. The van der Waals surface area contributed by atoms with Gasteiger partial charge >= 0.3 is 0 Å². The van der Waals surface area contributed by atoms with Crippen molar-refractivity contribution in [2.24, 2.45) is 0 Å². The molecule has 2 heterocycles. The summed E-state index contributed by atoms with van der Waals surface area (Å²) in [6, 6.07) is 6.46. The topological polar surface area (TPSA) is 41.0 Å². The Morgan fingerprint density at radius 1 is 0.909 bits per heavy atom. The largest absolute Gasteiger partial charge is 0.356 e. The standard InChI is InChI=1S/C18H24N4/c1-12-9-13(2)18(14(3)10-12)21-16-11-17(20-15(4)19-16)22-7-5-6-8-22/h9-11H,5-8H2,1-4H3,(H,19,20,21). The lowest BCUT2D eigenvalue weighted by molar-refractivity contribution is 0.911. The number of hydrogen-bond acceptors (Lipinski definition) is 4. The Morgan fingerprint density at radius 3 is 2.18 bits per heavy atom. The first-order valence-corrected chi connectivity index (χ1v) is 7.98. The molecule has 0 atom stereocenters. The third-order valence-electron chi connectivity index (χ3n) is 4.18. The maximum Gasteiger partial charge on any atom is 0.136 e. The molecule has 1 N–H and O–H groups in total. The van der Waals surface area contributed by atoms with Crippen LogP contribution in [-0.2, 0) is 0 Å². The third kappa shape index (κ3) is 3.06. The second kappa shape index (κ2) is 5.95. The molecular weight excluding hydrogens is 272 g/mol. The fourth-order valence-corrected chi connectivity index (χ4v) is 3.23. The van der Waals surface area contributed by atoms with Crippen LogP contribution in [0.25, 0.3) is 0 Å². The lowest BCUT2D eigenvalue weighted by Gasteiger charge is -2.19. The van der Waals surface area contributed by atoms with E-state index in [1.165, 1.54) is 29.5 Å². The number of benzene rings is 1. The van der Waals surface area contributed by atoms with E-state index in [1.54, 1.807) is 0 Å². The first kappa shape index (κ1) is 14.8. The number of aromatic nitrogens is 2. The van der Waals surface area contributed by atoms with Gasteiger partial charge < -0.3 is 10.2 Å². The van der Waals surface area contributed by atoms with Gasteiger partial charge in [0.1, 0.15) is 17.5 Å². The van der Waals surface area contributed by atoms with Crippen molar-refractivity contribution in [3.8, 4) is 0 Å². The number of hydrogen-bond donors (Lipinski definition) is 1. The molecule has 0 spiro atoms. The summed E-state index contributed by atoms with van der Waals surface area (Å²) in [6.07, 6.45) is 2.50. The average Bonchev–Trinajstić information content (AvgIpc) is 2.96. The van der Waals surface area contributed by atoms with Crippen molar-refractivity contribution in [1.29, 1.82) is 0 Å². The molecule has 1 aromatic carbocycles. The molecule has 1 aliphatic rings. The van der Waals surface area contributed by atoms with Gasteiger partial charge in [0.25, 0.3) is 0 Å². The van der Waals surface area contributed by atoms with Crippen LogP contribution in [0, 0.1) is 27.7 Å². The van der Waals surface area contributed by atoms with Gasteiger partial charge in [-0.15, -0.1) is 0 Å². The molecule has 0 saturated carbocycles. The van der Waals surface area contributed by atoms with E-state index in [9.17, 15) is 0 Å². The van der Waals surface area contributed by atoms with E-state index in [-0.39, 0.29) is 0 Å². The van der Waals surface area contributed by atoms with Gasteiger partial charge in [0.2, 0.25) is 0 Å². The second-order valence-electron chi connectivity index (χ2n) is 6.25. The Kier molecular flexibility index (Phi) is 4.01. The highest BCUT2D eigenvalue weighted by Crippen LogP contribution is 2.27. The second-order valence-corrected chi connectivity index (χ2v) is 6.25. The van der Waals surface area contributed by atoms with E-state index in [4.69, 9.17) is 0 Å². The van der Waals surface area contributed by atoms with Gasteiger partial charge in [0, 0.05) is 24.8 Å². The molecule has 0 amide bonds. The molecule has 0 aliphatic carbocycles. The summed E-state index contributed by atoms with van der Waals surface area (Å²) in [6.45, 7) is 10.6. The highest BCUT2D eigenvalue weighted by molar-refractivity contribution is 5.66. The van der Waals surface area contributed by atoms with Crippen molar-refractivity contribution < 1.29 is 0 Å². The summed E-state index contributed by atoms with van der Waals surface area (Å²) in [5, 5.41) is 3.49. The summed E-state index contributed by atoms with van der Waals surface area (Å²) < 4.78 is 0. The normalized spacial score (nSPS) is 14.5. The molecule has 22 heavy (non-hydrogen) atoms. The van der Waals surface area contributed by atoms with Crippen molar-refractivity contribution in [2.45, 2.75) is 40.5 Å². The molecular formula is C18H24N4. The van der Waals surface area contributed by atoms with Crippen molar-refractivity contribution in [3.05, 3.63) is 40.7 Å². The minimum Gasteiger partial charge on any atom is -0.356 e. The minimum absolute atomic E-state index is 0.814. The zero-order valence-electron chi connectivity index (χ0n) is 13.9. The fourth-order valence-electron chi connectivity index (χ4n) is 3.23. The lowest BCUT2D eigenvalue weighted by atomic mass is 10.1. The number of rotatable bonds is 3. The van der Waals surface area contributed by atoms with E-state index in [1.807, 2.05) is 6.92 Å². The first-order chi connectivity index (χ1) is 10.5. The van der Waals surface area contributed by atoms with Gasteiger partial charge in [0.15, 0.2) is 0 Å². The van der Waals surface area contributed by atoms with E-state index < -0.39 is 0 Å². The summed E-state index contributed by atoms with van der Waals surface area (Å²) in [7, 11) is 0. The van der Waals surface area contributed by atoms with E-state index in [2.05, 4.69) is 59.2 Å². The Balaban J connectivity index is 1.92. The van der Waals surface area contributed by atoms with Crippen LogP contribution in [0.2, 0.25) is 0 Å². The molecule has 4 nitrogen and oxygen atoms in total. The van der Waals surface area contributed by atoms with Gasteiger partial charge in [-0.05, 0) is 51.7 Å². The van der Waals surface area contributed by atoms with Crippen molar-refractivity contribution in [3.63, 3.8) is 0 Å². The van der Waals surface area contributed by atoms with Crippen LogP contribution in [0.4, 0.5) is 17.3 Å². The number of aryl methyl sites for hydroxylation is 4. The number of nitrogens with one attached hydrogen (secondary N) is 1. The molecule has 1 aliphatic heterocycles. The average molecular weight is 296 g/mol. The summed E-state index contributed by atoms with van der Waals surface area (Å²) in [4.78, 5) is 11.5. The maximum absolute atomic E-state index is 4.59. The van der Waals surface area contributed by atoms with Gasteiger partial charge in [-0.3, -0.25) is 0 Å². The van der Waals surface area contributed by atoms with Crippen molar-refractivity contribution in [2.75, 3.05) is 23.3 Å². The molecule has 1 saturated heterocycles. The Bertz CT molecular complexity index is 664. The van der Waals surface area contributed by atoms with Crippen LogP contribution in [0.15, 0.2) is 18.2 Å². The highest BCUT2D eigenvalue weighted by atomic mass is 15.2. The third-order valence-corrected chi connectivity index (χ3v) is 4.18. The summed E-state index contributed by atoms with van der Waals surface area (Å²) >= 11 is 0. The number of anilines is 3. The lowest BCUT2D eigenvalue weighted by Crippen LogP contribution is -2.19. The molecule has 1 aromatic heterocycles. The number of nitrogens with zero attached hydrogens (tertiary/aromatic N) is 3. The van der Waals surface area contributed by atoms with Gasteiger partial charge in [0.05, 0.1) is 0 Å². The maximum atomic E-state index is 4.59. The molecule has 116 valence electrons. The molecule has 0 bridgehead atoms. The summed E-state index contributed by atoms with van der Waals surface area (Å²) in [5.74, 6) is 2.73. The Hall–Kier alpha value is -2.10. The fraction of sp³-hybridized carbons (Fsp3) is 0.444. The predicted molar refractivity (Wildman–Crippen MR) is 92.2 cm³/mol. The van der Waals surface area contributed by atoms with E-state index in [0.717, 1.165) is 36.2 Å². The van der Waals surface area contributed by atoms with E-state index >= 15 is 0 Å². The molecule has 1 fully saturated rings. The van der Waals surface area contributed by atoms with Gasteiger partial charge in [-0.25, -0.2) is 9.97 Å². The van der Waals surface area contributed by atoms with Crippen LogP contribution in [0.1, 0.15) is 35.4 Å². The molecule has 4 heteroatoms. The van der Waals surface area contributed by atoms with Gasteiger partial charge in [-0.2, -0.15) is 0 Å². The Morgan fingerprint density at radius 2 is 1.55 bits per heavy atom. The zero-order valence-corrected chi connectivity index (χ0v) is 13.9. The van der Waals surface area contributed by atoms with Crippen LogP contribution >= 0.6 is 0 Å². The minimum atomic E-state index is 0.814. The predicted octanol–water partition coefficient (Wildman–Crippen LogP) is 4.05. The monoisotopic (exact) mass is 296 g/mol. The van der Waals surface area contributed by atoms with Crippen LogP contribution in [-0.4, -0.2) is 23.1 Å². The molecule has 0 radical (unpaired) electrons. The van der Waals surface area contributed by atoms with Crippen LogP contribution < -0.4 is 10.2 Å². The van der Waals surface area contributed by atoms with Crippen molar-refractivity contribution in [1.82, 2.24) is 9.97 Å². The Labute approximate surface area is 132 Å².